The van der Waals surface area contributed by atoms with Crippen molar-refractivity contribution in [3.63, 3.8) is 0 Å². The van der Waals surface area contributed by atoms with Gasteiger partial charge in [-0.15, -0.1) is 0 Å². The molecule has 1 aromatic rings. The second kappa shape index (κ2) is 52.7. The van der Waals surface area contributed by atoms with E-state index in [0.717, 1.165) is 4.90 Å². The minimum atomic E-state index is -1.85. The number of carboxylic acids is 2. The first kappa shape index (κ1) is 100. The minimum Gasteiger partial charge on any atom is -0.508 e. The normalized spacial score (nSPS) is 16.2. The Hall–Kier alpha value is -10.6. The Labute approximate surface area is 667 Å². The third kappa shape index (κ3) is 37.0. The van der Waals surface area contributed by atoms with Crippen LogP contribution in [0.1, 0.15) is 157 Å². The lowest BCUT2D eigenvalue weighted by Gasteiger charge is -2.31. The number of unbranched alkanes of at least 4 members (excludes halogenated alkanes) is 2. The molecule has 1 fully saturated rings. The van der Waals surface area contributed by atoms with Gasteiger partial charge in [-0.1, -0.05) is 60.1 Å². The molecule has 0 radical (unpaired) electrons. The lowest BCUT2D eigenvalue weighted by Crippen LogP contribution is -2.61. The molecular formula is C72H124N22O21. The van der Waals surface area contributed by atoms with Gasteiger partial charge in [-0.05, 0) is 145 Å². The van der Waals surface area contributed by atoms with Crippen molar-refractivity contribution in [1.29, 1.82) is 0 Å². The summed E-state index contributed by atoms with van der Waals surface area (Å²) in [6.07, 6.45) is -0.826. The number of nitrogens with one attached hydrogen (secondary N) is 12. The van der Waals surface area contributed by atoms with Crippen LogP contribution in [0.2, 0.25) is 0 Å². The van der Waals surface area contributed by atoms with Crippen molar-refractivity contribution >= 4 is 101 Å². The van der Waals surface area contributed by atoms with E-state index in [1.807, 2.05) is 0 Å². The number of hydrogen-bond acceptors (Lipinski definition) is 24. The van der Waals surface area contributed by atoms with Crippen molar-refractivity contribution < 1.29 is 103 Å². The number of aliphatic imine (C=N–C) groups is 2. The Bertz CT molecular complexity index is 3430. The number of nitrogens with zero attached hydrogens (tertiary/aromatic N) is 3. The van der Waals surface area contributed by atoms with Gasteiger partial charge in [-0.2, -0.15) is 0 Å². The van der Waals surface area contributed by atoms with E-state index in [-0.39, 0.29) is 127 Å². The molecule has 43 nitrogen and oxygen atoms in total. The van der Waals surface area contributed by atoms with Crippen LogP contribution < -0.4 is 104 Å². The zero-order valence-corrected chi connectivity index (χ0v) is 66.5. The molecule has 32 N–H and O–H groups in total. The largest absolute Gasteiger partial charge is 0.508 e. The summed E-state index contributed by atoms with van der Waals surface area (Å²) in [6, 6.07) is -14.1. The van der Waals surface area contributed by atoms with Crippen LogP contribution in [-0.2, 0) is 78.3 Å². The number of phenolic OH excluding ortho intramolecular Hbond substituents is 1. The first-order valence-corrected chi connectivity index (χ1v) is 38.5. The van der Waals surface area contributed by atoms with Gasteiger partial charge in [0.1, 0.15) is 78.3 Å². The predicted octanol–water partition coefficient (Wildman–Crippen LogP) is -7.87. The molecule has 0 unspecified atom stereocenters. The van der Waals surface area contributed by atoms with Crippen LogP contribution in [0.4, 0.5) is 0 Å². The van der Waals surface area contributed by atoms with E-state index in [2.05, 4.69) is 73.8 Å². The summed E-state index contributed by atoms with van der Waals surface area (Å²) in [5.74, 6) is -17.6. The number of aliphatic carboxylic acids is 2. The third-order valence-corrected chi connectivity index (χ3v) is 18.7. The van der Waals surface area contributed by atoms with Gasteiger partial charge in [0.25, 0.3) is 0 Å². The number of carboxylic acid groups (broad SMARTS) is 2. The zero-order valence-electron chi connectivity index (χ0n) is 66.5. The number of guanidine groups is 2. The maximum atomic E-state index is 14.8. The van der Waals surface area contributed by atoms with Gasteiger partial charge in [0.2, 0.25) is 76.8 Å². The lowest BCUT2D eigenvalue weighted by atomic mass is 9.98. The van der Waals surface area contributed by atoms with Crippen molar-refractivity contribution in [2.75, 3.05) is 52.5 Å². The second-order valence-electron chi connectivity index (χ2n) is 29.0. The fraction of sp³-hybridized carbons (Fsp3) is 0.681. The maximum absolute atomic E-state index is 14.8. The van der Waals surface area contributed by atoms with Gasteiger partial charge in [0.05, 0.1) is 31.9 Å². The molecule has 1 aromatic carbocycles. The number of aliphatic hydroxyl groups is 3. The highest BCUT2D eigenvalue weighted by molar-refractivity contribution is 6.00. The van der Waals surface area contributed by atoms with Crippen molar-refractivity contribution in [3.8, 4) is 5.75 Å². The molecular weight excluding hydrogens is 1510 g/mol. The van der Waals surface area contributed by atoms with E-state index in [1.54, 1.807) is 27.7 Å². The molecule has 1 saturated heterocycles. The number of carbonyl (C=O) groups is 15. The highest BCUT2D eigenvalue weighted by Crippen LogP contribution is 2.22. The summed E-state index contributed by atoms with van der Waals surface area (Å²) in [7, 11) is 0. The van der Waals surface area contributed by atoms with E-state index in [1.165, 1.54) is 45.0 Å². The van der Waals surface area contributed by atoms with E-state index in [4.69, 9.17) is 40.1 Å². The molecule has 1 aliphatic rings. The second-order valence-corrected chi connectivity index (χ2v) is 29.0. The van der Waals surface area contributed by atoms with Crippen LogP contribution in [0.5, 0.6) is 5.75 Å². The zero-order chi connectivity index (χ0) is 86.8. The molecule has 0 saturated carbocycles. The molecule has 115 heavy (non-hydrogen) atoms. The average Bonchev–Trinajstić information content (AvgIpc) is 1.73. The Balaban J connectivity index is 2.39. The molecule has 0 aliphatic carbocycles. The number of hydrogen-bond donors (Lipinski definition) is 25. The van der Waals surface area contributed by atoms with Gasteiger partial charge in [-0.3, -0.25) is 77.1 Å². The number of rotatable bonds is 55. The summed E-state index contributed by atoms with van der Waals surface area (Å²) in [4.78, 5) is 215. The number of benzene rings is 1. The lowest BCUT2D eigenvalue weighted by molar-refractivity contribution is -0.144. The van der Waals surface area contributed by atoms with Crippen LogP contribution in [0.25, 0.3) is 0 Å². The molecule has 15 atom stereocenters. The van der Waals surface area contributed by atoms with Gasteiger partial charge in [-0.25, -0.2) is 4.79 Å². The smallest absolute Gasteiger partial charge is 0.326 e. The van der Waals surface area contributed by atoms with Gasteiger partial charge < -0.3 is 139 Å². The summed E-state index contributed by atoms with van der Waals surface area (Å²) >= 11 is 0. The molecule has 0 aromatic heterocycles. The topological polar surface area (TPSA) is 732 Å². The predicted molar refractivity (Wildman–Crippen MR) is 419 cm³/mol. The van der Waals surface area contributed by atoms with E-state index < -0.39 is 218 Å². The van der Waals surface area contributed by atoms with E-state index >= 15 is 0 Å². The Morgan fingerprint density at radius 2 is 0.965 bits per heavy atom. The molecule has 43 heteroatoms. The van der Waals surface area contributed by atoms with Gasteiger partial charge in [0.15, 0.2) is 11.9 Å². The number of amides is 13. The Morgan fingerprint density at radius 3 is 1.46 bits per heavy atom. The fourth-order valence-corrected chi connectivity index (χ4v) is 12.0. The van der Waals surface area contributed by atoms with Crippen molar-refractivity contribution in [2.45, 2.75) is 242 Å². The Kier molecular flexibility index (Phi) is 46.0. The number of nitrogens with two attached hydrogens (primary N) is 7. The third-order valence-electron chi connectivity index (χ3n) is 18.7. The summed E-state index contributed by atoms with van der Waals surface area (Å²) < 4.78 is 0. The molecule has 1 heterocycles. The fourth-order valence-electron chi connectivity index (χ4n) is 12.0. The molecule has 648 valence electrons. The number of carbonyl (C=O) groups excluding carboxylic acids is 13. The van der Waals surface area contributed by atoms with Crippen LogP contribution >= 0.6 is 0 Å². The quantitative estimate of drug-likeness (QED) is 0.0164. The molecule has 0 bridgehead atoms. The molecule has 13 amide bonds. The van der Waals surface area contributed by atoms with Gasteiger partial charge >= 0.3 is 11.9 Å². The van der Waals surface area contributed by atoms with Crippen LogP contribution in [-0.4, -0.2) is 273 Å². The van der Waals surface area contributed by atoms with E-state index in [9.17, 15) is 103 Å². The average molecular weight is 1630 g/mol. The van der Waals surface area contributed by atoms with Crippen molar-refractivity contribution in [3.05, 3.63) is 29.8 Å². The monoisotopic (exact) mass is 1630 g/mol. The SMILES string of the molecule is CC[C@H](C)[C@H](NC(=O)[C@H](CCCCN)NC(=O)[C@H](CC(C)C)NC(=O)[C@@H]1CCCN1C(=O)[C@H](CCC(=O)O)NC(=O)[C@H](Cc1ccc(O)cc1)NC(=O)[C@@H](NC(=O)[C@H](CO)NC(=O)CNC(=O)[C@H](CO)NC(=O)[C@H](CCCN=C(N)N)NC(=O)[C@H](CCCCN)NC(=O)[C@@H](NC(=O)[C@@H](N)CCCN=C(N)N)[C@@H](C)O)C(C)C)C(=O)O. The number of aliphatic hydroxyl groups excluding tert-OH is 3. The van der Waals surface area contributed by atoms with Gasteiger partial charge in [0, 0.05) is 32.5 Å². The number of phenols is 1. The summed E-state index contributed by atoms with van der Waals surface area (Å²) in [5.41, 5.74) is 39.4. The standard InChI is InChI=1S/C72H124N22O21/c1-8-39(6)56(70(114)115)92-62(106)45(18-10-12-28-74)85-63(107)48(32-37(2)3)88-66(110)52-20-15-31-94(52)69(113)47(25-26-54(100)101)87-64(108)49(33-41-21-23-42(98)24-22-41)89-67(111)55(38(4)5)91-65(109)51(36-96)83-53(99)34-82-59(103)50(35-95)90-61(105)46(19-14-30-81-72(78)79)84-60(104)44(17-9-11-27-73)86-68(112)57(40(7)97)93-58(102)43(75)16-13-29-80-71(76)77/h21-24,37-40,43-52,55-57,95-98H,8-20,25-36,73-75H2,1-7H3,(H,82,103)(H,83,99)(H,84,104)(H,85,107)(H,86,112)(H,87,108)(H,88,110)(H,89,111)(H,90,105)(H,91,109)(H,92,106)(H,93,102)(H,100,101)(H,114,115)(H4,76,77,80)(H4,78,79,81)/t39-,40+,43-,44-,45-,46-,47-,48-,49-,50-,51-,52-,55-,56-,57-/m0/s1. The first-order chi connectivity index (χ1) is 54.2. The molecule has 1 aliphatic heterocycles. The Morgan fingerprint density at radius 1 is 0.513 bits per heavy atom. The first-order valence-electron chi connectivity index (χ1n) is 38.5. The van der Waals surface area contributed by atoms with Crippen LogP contribution in [0, 0.1) is 17.8 Å². The number of likely N-dealkylation sites (tertiary alicyclic amines) is 1. The van der Waals surface area contributed by atoms with E-state index in [0.29, 0.717) is 31.2 Å². The highest BCUT2D eigenvalue weighted by atomic mass is 16.4. The minimum absolute atomic E-state index is 0.0202. The highest BCUT2D eigenvalue weighted by Gasteiger charge is 2.42. The summed E-state index contributed by atoms with van der Waals surface area (Å²) in [6.45, 7) is 8.35. The van der Waals surface area contributed by atoms with Crippen LogP contribution in [0.3, 0.4) is 0 Å². The molecule has 0 spiro atoms. The maximum Gasteiger partial charge on any atom is 0.326 e. The number of aromatic hydroxyl groups is 1. The van der Waals surface area contributed by atoms with Crippen molar-refractivity contribution in [2.24, 2.45) is 67.9 Å². The van der Waals surface area contributed by atoms with Crippen LogP contribution in [0.15, 0.2) is 34.3 Å². The summed E-state index contributed by atoms with van der Waals surface area (Å²) in [5, 5.41) is 90.7. The molecule has 2 rings (SSSR count). The van der Waals surface area contributed by atoms with Crippen molar-refractivity contribution in [1.82, 2.24) is 68.7 Å².